The van der Waals surface area contributed by atoms with Gasteiger partial charge in [-0.3, -0.25) is 4.79 Å². The lowest BCUT2D eigenvalue weighted by atomic mass is 9.67. The van der Waals surface area contributed by atoms with Gasteiger partial charge in [0.2, 0.25) is 0 Å². The summed E-state index contributed by atoms with van der Waals surface area (Å²) in [5, 5.41) is 0.849. The molecule has 0 unspecified atom stereocenters. The van der Waals surface area contributed by atoms with Crippen LogP contribution >= 0.6 is 0 Å². The summed E-state index contributed by atoms with van der Waals surface area (Å²) >= 11 is 0. The molecule has 210 valence electrons. The van der Waals surface area contributed by atoms with E-state index in [2.05, 4.69) is 16.9 Å². The minimum atomic E-state index is -3.10. The third kappa shape index (κ3) is 5.70. The van der Waals surface area contributed by atoms with Gasteiger partial charge in [-0.2, -0.15) is 0 Å². The lowest BCUT2D eigenvalue weighted by Gasteiger charge is -2.38. The first kappa shape index (κ1) is 28.1. The number of carbonyl (C=O) groups excluding carboxylic acids is 1. The molecule has 4 aromatic rings. The van der Waals surface area contributed by atoms with E-state index >= 15 is 0 Å². The largest absolute Gasteiger partial charge is 0.360 e. The van der Waals surface area contributed by atoms with Gasteiger partial charge in [0.1, 0.15) is 11.6 Å². The molecule has 1 aliphatic rings. The van der Waals surface area contributed by atoms with E-state index < -0.39 is 5.92 Å². The Morgan fingerprint density at radius 1 is 1.23 bits per heavy atom. The van der Waals surface area contributed by atoms with E-state index in [0.717, 1.165) is 49.1 Å². The van der Waals surface area contributed by atoms with Crippen LogP contribution in [0.2, 0.25) is 0 Å². The molecule has 2 heterocycles. The molecule has 0 amide bonds. The van der Waals surface area contributed by atoms with Crippen molar-refractivity contribution < 1.29 is 18.0 Å². The van der Waals surface area contributed by atoms with Crippen LogP contribution in [0.15, 0.2) is 48.8 Å². The number of carbonyl (C=O) groups is 1. The maximum absolute atomic E-state index is 14.7. The van der Waals surface area contributed by atoms with Crippen LogP contribution in [0.5, 0.6) is 0 Å². The Labute approximate surface area is 233 Å². The molecule has 0 aliphatic heterocycles. The second-order valence-corrected chi connectivity index (χ2v) is 11.9. The fourth-order valence-electron chi connectivity index (χ4n) is 6.35. The number of fused-ring (bicyclic) bond motifs is 1. The van der Waals surface area contributed by atoms with E-state index in [-0.39, 0.29) is 34.2 Å². The van der Waals surface area contributed by atoms with Crippen molar-refractivity contribution >= 4 is 16.7 Å². The molecule has 1 aliphatic carbocycles. The van der Waals surface area contributed by atoms with Gasteiger partial charge in [0.15, 0.2) is 5.78 Å². The zero-order chi connectivity index (χ0) is 28.7. The third-order valence-electron chi connectivity index (χ3n) is 8.48. The van der Waals surface area contributed by atoms with Gasteiger partial charge in [-0.05, 0) is 61.1 Å². The smallest absolute Gasteiger partial charge is 0.274 e. The SMILES string of the molecule is CCc1ccc(C(=O)C[C@@]2(C)CCC[C@@H](Cc3ncc(C(C)(F)F)c(-c4c[nH]c5c(C)cccc45)n3)C2)cc1F. The lowest BCUT2D eigenvalue weighted by molar-refractivity contribution is 0.0173. The van der Waals surface area contributed by atoms with Gasteiger partial charge in [-0.25, -0.2) is 23.1 Å². The van der Waals surface area contributed by atoms with Crippen molar-refractivity contribution in [3.63, 3.8) is 0 Å². The molecule has 7 heteroatoms. The van der Waals surface area contributed by atoms with Crippen LogP contribution in [-0.2, 0) is 18.8 Å². The van der Waals surface area contributed by atoms with Crippen molar-refractivity contribution in [1.82, 2.24) is 15.0 Å². The van der Waals surface area contributed by atoms with Crippen LogP contribution in [0.25, 0.3) is 22.2 Å². The van der Waals surface area contributed by atoms with Gasteiger partial charge in [0.25, 0.3) is 5.92 Å². The molecule has 40 heavy (non-hydrogen) atoms. The minimum absolute atomic E-state index is 0.0487. The summed E-state index contributed by atoms with van der Waals surface area (Å²) in [6.45, 7) is 6.86. The number of benzene rings is 2. The number of nitrogens with zero attached hydrogens (tertiary/aromatic N) is 2. The Kier molecular flexibility index (Phi) is 7.60. The van der Waals surface area contributed by atoms with Gasteiger partial charge in [0.05, 0.1) is 11.3 Å². The molecule has 5 rings (SSSR count). The van der Waals surface area contributed by atoms with Gasteiger partial charge in [0, 0.05) is 54.2 Å². The third-order valence-corrected chi connectivity index (χ3v) is 8.48. The van der Waals surface area contributed by atoms with Gasteiger partial charge >= 0.3 is 0 Å². The summed E-state index contributed by atoms with van der Waals surface area (Å²) in [5.74, 6) is -2.73. The molecule has 2 aromatic heterocycles. The lowest BCUT2D eigenvalue weighted by Crippen LogP contribution is -2.30. The van der Waals surface area contributed by atoms with Crippen molar-refractivity contribution in [1.29, 1.82) is 0 Å². The number of hydrogen-bond donors (Lipinski definition) is 1. The van der Waals surface area contributed by atoms with Crippen LogP contribution < -0.4 is 0 Å². The number of aryl methyl sites for hydroxylation is 2. The number of aromatic amines is 1. The quantitative estimate of drug-likeness (QED) is 0.224. The minimum Gasteiger partial charge on any atom is -0.360 e. The molecule has 2 aromatic carbocycles. The first-order valence-electron chi connectivity index (χ1n) is 14.1. The topological polar surface area (TPSA) is 58.6 Å². The van der Waals surface area contributed by atoms with Gasteiger partial charge < -0.3 is 4.98 Å². The highest BCUT2D eigenvalue weighted by atomic mass is 19.3. The zero-order valence-electron chi connectivity index (χ0n) is 23.6. The first-order valence-corrected chi connectivity index (χ1v) is 14.1. The van der Waals surface area contributed by atoms with Crippen molar-refractivity contribution in [2.24, 2.45) is 11.3 Å². The highest BCUT2D eigenvalue weighted by Crippen LogP contribution is 2.44. The monoisotopic (exact) mass is 547 g/mol. The predicted molar refractivity (Wildman–Crippen MR) is 152 cm³/mol. The van der Waals surface area contributed by atoms with E-state index in [4.69, 9.17) is 4.98 Å². The highest BCUT2D eigenvalue weighted by Gasteiger charge is 2.36. The zero-order valence-corrected chi connectivity index (χ0v) is 23.6. The average Bonchev–Trinajstić information content (AvgIpc) is 3.33. The Hall–Kier alpha value is -3.48. The second-order valence-electron chi connectivity index (χ2n) is 11.9. The Morgan fingerprint density at radius 3 is 2.75 bits per heavy atom. The van der Waals surface area contributed by atoms with Gasteiger partial charge in [-0.15, -0.1) is 0 Å². The highest BCUT2D eigenvalue weighted by molar-refractivity contribution is 5.97. The number of ketones is 1. The fourth-order valence-corrected chi connectivity index (χ4v) is 6.35. The Bertz CT molecular complexity index is 1550. The van der Waals surface area contributed by atoms with Crippen LogP contribution in [0.1, 0.15) is 85.7 Å². The second kappa shape index (κ2) is 10.8. The van der Waals surface area contributed by atoms with Gasteiger partial charge in [-0.1, -0.05) is 50.6 Å². The molecular weight excluding hydrogens is 511 g/mol. The number of H-pyrrole nitrogens is 1. The summed E-state index contributed by atoms with van der Waals surface area (Å²) in [6, 6.07) is 10.6. The summed E-state index contributed by atoms with van der Waals surface area (Å²) in [4.78, 5) is 25.4. The number of rotatable bonds is 8. The molecule has 1 saturated carbocycles. The van der Waals surface area contributed by atoms with Crippen molar-refractivity contribution in [2.75, 3.05) is 0 Å². The Balaban J connectivity index is 1.38. The van der Waals surface area contributed by atoms with E-state index in [1.54, 1.807) is 18.3 Å². The maximum Gasteiger partial charge on any atom is 0.274 e. The summed E-state index contributed by atoms with van der Waals surface area (Å²) in [7, 11) is 0. The molecule has 0 radical (unpaired) electrons. The standard InChI is InChI=1S/C33H36F3N3O/c1-5-22-11-12-23(15-27(22)34)28(40)17-32(3)13-7-9-21(16-32)14-29-37-19-26(33(4,35)36)31(39-29)25-18-38-30-20(2)8-6-10-24(25)30/h6,8,10-12,15,18-19,21,38H,5,7,9,13-14,16-17H2,1-4H3/t21-,32-/m0/s1. The number of halogens is 3. The van der Waals surface area contributed by atoms with Crippen molar-refractivity contribution in [2.45, 2.75) is 78.6 Å². The van der Waals surface area contributed by atoms with Crippen LogP contribution in [0, 0.1) is 24.1 Å². The van der Waals surface area contributed by atoms with Crippen LogP contribution in [-0.4, -0.2) is 20.7 Å². The molecule has 0 spiro atoms. The average molecular weight is 548 g/mol. The molecule has 2 atom stereocenters. The number of hydrogen-bond acceptors (Lipinski definition) is 3. The maximum atomic E-state index is 14.7. The number of para-hydroxylation sites is 1. The number of Topliss-reactive ketones (excluding diaryl/α,β-unsaturated/α-hetero) is 1. The van der Waals surface area contributed by atoms with Crippen molar-refractivity contribution in [3.05, 3.63) is 82.7 Å². The molecule has 1 N–H and O–H groups in total. The van der Waals surface area contributed by atoms with E-state index in [1.165, 1.54) is 12.3 Å². The normalized spacial score (nSPS) is 19.7. The Morgan fingerprint density at radius 2 is 2.02 bits per heavy atom. The summed E-state index contributed by atoms with van der Waals surface area (Å²) in [5.41, 5.74) is 3.42. The molecule has 4 nitrogen and oxygen atoms in total. The predicted octanol–water partition coefficient (Wildman–Crippen LogP) is 8.76. The summed E-state index contributed by atoms with van der Waals surface area (Å²) in [6.07, 6.45) is 8.11. The van der Waals surface area contributed by atoms with E-state index in [1.807, 2.05) is 32.0 Å². The number of alkyl halides is 2. The molecular formula is C33H36F3N3O. The van der Waals surface area contributed by atoms with Crippen LogP contribution in [0.4, 0.5) is 13.2 Å². The number of aromatic nitrogens is 3. The number of nitrogens with one attached hydrogen (secondary N) is 1. The molecule has 1 fully saturated rings. The first-order chi connectivity index (χ1) is 19.0. The van der Waals surface area contributed by atoms with Crippen LogP contribution in [0.3, 0.4) is 0 Å². The van der Waals surface area contributed by atoms with Crippen molar-refractivity contribution in [3.8, 4) is 11.3 Å². The molecule has 0 saturated heterocycles. The molecule has 0 bridgehead atoms. The summed E-state index contributed by atoms with van der Waals surface area (Å²) < 4.78 is 43.6. The van der Waals surface area contributed by atoms with E-state index in [0.29, 0.717) is 41.8 Å². The van der Waals surface area contributed by atoms with E-state index in [9.17, 15) is 18.0 Å². The fraction of sp³-hybridized carbons (Fsp3) is 0.424.